The van der Waals surface area contributed by atoms with Crippen molar-refractivity contribution in [2.75, 3.05) is 24.5 Å². The van der Waals surface area contributed by atoms with E-state index in [1.165, 1.54) is 6.07 Å². The number of rotatable bonds is 3. The lowest BCUT2D eigenvalue weighted by Crippen LogP contribution is -2.50. The highest BCUT2D eigenvalue weighted by Gasteiger charge is 2.26. The molecule has 0 spiro atoms. The van der Waals surface area contributed by atoms with E-state index in [1.807, 2.05) is 11.0 Å². The van der Waals surface area contributed by atoms with Gasteiger partial charge in [0, 0.05) is 19.0 Å². The van der Waals surface area contributed by atoms with Crippen molar-refractivity contribution < 1.29 is 9.90 Å². The minimum absolute atomic E-state index is 0.0868. The lowest BCUT2D eigenvalue weighted by Gasteiger charge is -2.39. The van der Waals surface area contributed by atoms with Gasteiger partial charge in [0.2, 0.25) is 0 Å². The lowest BCUT2D eigenvalue weighted by atomic mass is 10.0. The third-order valence-corrected chi connectivity index (χ3v) is 2.57. The zero-order chi connectivity index (χ0) is 10.8. The predicted octanol–water partition coefficient (Wildman–Crippen LogP) is 0.175. The first-order valence-electron chi connectivity index (χ1n) is 4.86. The van der Waals surface area contributed by atoms with Gasteiger partial charge in [-0.1, -0.05) is 6.07 Å². The number of aromatic nitrogens is 1. The molecule has 2 heterocycles. The molecule has 1 aromatic heterocycles. The Balaban J connectivity index is 2.10. The van der Waals surface area contributed by atoms with Gasteiger partial charge >= 0.3 is 5.97 Å². The van der Waals surface area contributed by atoms with Crippen LogP contribution in [0.5, 0.6) is 0 Å². The van der Waals surface area contributed by atoms with Crippen LogP contribution in [0.3, 0.4) is 0 Å². The summed E-state index contributed by atoms with van der Waals surface area (Å²) < 4.78 is 0. The molecule has 1 aromatic rings. The van der Waals surface area contributed by atoms with E-state index in [0.717, 1.165) is 18.9 Å². The molecular formula is C10H13N3O2. The van der Waals surface area contributed by atoms with E-state index in [9.17, 15) is 4.79 Å². The summed E-state index contributed by atoms with van der Waals surface area (Å²) >= 11 is 0. The van der Waals surface area contributed by atoms with Crippen molar-refractivity contribution >= 4 is 11.8 Å². The van der Waals surface area contributed by atoms with Crippen LogP contribution >= 0.6 is 0 Å². The quantitative estimate of drug-likeness (QED) is 0.738. The molecule has 0 unspecified atom stereocenters. The summed E-state index contributed by atoms with van der Waals surface area (Å²) in [5, 5.41) is 8.78. The van der Waals surface area contributed by atoms with Crippen LogP contribution < -0.4 is 10.6 Å². The third-order valence-electron chi connectivity index (χ3n) is 2.57. The van der Waals surface area contributed by atoms with Gasteiger partial charge in [0.15, 0.2) is 5.69 Å². The first kappa shape index (κ1) is 9.92. The minimum atomic E-state index is -0.993. The number of hydrogen-bond acceptors (Lipinski definition) is 4. The number of nitrogens with two attached hydrogens (primary N) is 1. The van der Waals surface area contributed by atoms with Gasteiger partial charge in [-0.2, -0.15) is 0 Å². The fourth-order valence-corrected chi connectivity index (χ4v) is 1.62. The monoisotopic (exact) mass is 207 g/mol. The summed E-state index contributed by atoms with van der Waals surface area (Å²) in [7, 11) is 0. The Labute approximate surface area is 87.5 Å². The highest BCUT2D eigenvalue weighted by molar-refractivity contribution is 5.85. The van der Waals surface area contributed by atoms with E-state index in [2.05, 4.69) is 4.98 Å². The lowest BCUT2D eigenvalue weighted by molar-refractivity contribution is 0.0690. The molecule has 0 atom stereocenters. The van der Waals surface area contributed by atoms with E-state index in [1.54, 1.807) is 6.07 Å². The van der Waals surface area contributed by atoms with Crippen molar-refractivity contribution in [2.45, 2.75) is 0 Å². The van der Waals surface area contributed by atoms with Crippen molar-refractivity contribution in [2.24, 2.45) is 11.7 Å². The van der Waals surface area contributed by atoms with Gasteiger partial charge in [-0.15, -0.1) is 0 Å². The average Bonchev–Trinajstić information content (AvgIpc) is 2.16. The maximum atomic E-state index is 10.7. The highest BCUT2D eigenvalue weighted by Crippen LogP contribution is 2.21. The van der Waals surface area contributed by atoms with E-state index >= 15 is 0 Å². The maximum absolute atomic E-state index is 10.7. The van der Waals surface area contributed by atoms with Gasteiger partial charge in [0.1, 0.15) is 5.82 Å². The van der Waals surface area contributed by atoms with Crippen LogP contribution in [0.15, 0.2) is 18.2 Å². The van der Waals surface area contributed by atoms with Crippen LogP contribution in [0, 0.1) is 5.92 Å². The molecule has 0 aromatic carbocycles. The Morgan fingerprint density at radius 2 is 2.33 bits per heavy atom. The van der Waals surface area contributed by atoms with Crippen molar-refractivity contribution in [3.8, 4) is 0 Å². The molecule has 5 heteroatoms. The molecule has 0 aliphatic carbocycles. The standard InChI is InChI=1S/C10H13N3O2/c11-4-7-5-13(6-7)9-3-1-2-8(12-9)10(14)15/h1-3,7H,4-6,11H2,(H,14,15). The number of aromatic carboxylic acids is 1. The smallest absolute Gasteiger partial charge is 0.354 e. The van der Waals surface area contributed by atoms with Crippen LogP contribution in [-0.2, 0) is 0 Å². The number of nitrogens with zero attached hydrogens (tertiary/aromatic N) is 2. The molecule has 1 aliphatic heterocycles. The van der Waals surface area contributed by atoms with Gasteiger partial charge in [-0.05, 0) is 18.7 Å². The molecular weight excluding hydrogens is 194 g/mol. The van der Waals surface area contributed by atoms with E-state index < -0.39 is 5.97 Å². The molecule has 1 fully saturated rings. The Hall–Kier alpha value is -1.62. The topological polar surface area (TPSA) is 79.5 Å². The second-order valence-corrected chi connectivity index (χ2v) is 3.69. The van der Waals surface area contributed by atoms with Crippen LogP contribution in [0.2, 0.25) is 0 Å². The highest BCUT2D eigenvalue weighted by atomic mass is 16.4. The Kier molecular flexibility index (Phi) is 2.55. The summed E-state index contributed by atoms with van der Waals surface area (Å²) in [5.41, 5.74) is 5.60. The molecule has 5 nitrogen and oxygen atoms in total. The maximum Gasteiger partial charge on any atom is 0.354 e. The zero-order valence-corrected chi connectivity index (χ0v) is 8.26. The first-order valence-corrected chi connectivity index (χ1v) is 4.86. The molecule has 80 valence electrons. The van der Waals surface area contributed by atoms with Gasteiger partial charge in [0.05, 0.1) is 0 Å². The summed E-state index contributed by atoms with van der Waals surface area (Å²) in [5.74, 6) is 0.243. The Morgan fingerprint density at radius 3 is 2.93 bits per heavy atom. The number of carboxylic acid groups (broad SMARTS) is 1. The minimum Gasteiger partial charge on any atom is -0.477 e. The predicted molar refractivity (Wildman–Crippen MR) is 56.0 cm³/mol. The first-order chi connectivity index (χ1) is 7.20. The molecule has 2 rings (SSSR count). The van der Waals surface area contributed by atoms with Crippen LogP contribution in [0.25, 0.3) is 0 Å². The van der Waals surface area contributed by atoms with Crippen molar-refractivity contribution in [3.05, 3.63) is 23.9 Å². The summed E-state index contributed by atoms with van der Waals surface area (Å²) in [6, 6.07) is 5.02. The molecule has 15 heavy (non-hydrogen) atoms. The second-order valence-electron chi connectivity index (χ2n) is 3.69. The third kappa shape index (κ3) is 1.92. The number of anilines is 1. The summed E-state index contributed by atoms with van der Waals surface area (Å²) in [6.07, 6.45) is 0. The van der Waals surface area contributed by atoms with Gasteiger partial charge in [0.25, 0.3) is 0 Å². The van der Waals surface area contributed by atoms with Crippen molar-refractivity contribution in [3.63, 3.8) is 0 Å². The fraction of sp³-hybridized carbons (Fsp3) is 0.400. The summed E-state index contributed by atoms with van der Waals surface area (Å²) in [6.45, 7) is 2.41. The molecule has 0 bridgehead atoms. The van der Waals surface area contributed by atoms with Gasteiger partial charge in [-0.3, -0.25) is 0 Å². The van der Waals surface area contributed by atoms with Crippen molar-refractivity contribution in [1.82, 2.24) is 4.98 Å². The Bertz CT molecular complexity index is 375. The fourth-order valence-electron chi connectivity index (χ4n) is 1.62. The Morgan fingerprint density at radius 1 is 1.60 bits per heavy atom. The number of pyridine rings is 1. The molecule has 1 saturated heterocycles. The largest absolute Gasteiger partial charge is 0.477 e. The molecule has 0 saturated carbocycles. The number of carbonyl (C=O) groups is 1. The zero-order valence-electron chi connectivity index (χ0n) is 8.26. The number of hydrogen-bond donors (Lipinski definition) is 2. The second kappa shape index (κ2) is 3.86. The molecule has 0 radical (unpaired) electrons. The SMILES string of the molecule is NCC1CN(c2cccc(C(=O)O)n2)C1. The average molecular weight is 207 g/mol. The molecule has 0 amide bonds. The van der Waals surface area contributed by atoms with Gasteiger partial charge < -0.3 is 15.7 Å². The van der Waals surface area contributed by atoms with Crippen LogP contribution in [0.1, 0.15) is 10.5 Å². The van der Waals surface area contributed by atoms with E-state index in [-0.39, 0.29) is 5.69 Å². The van der Waals surface area contributed by atoms with Crippen molar-refractivity contribution in [1.29, 1.82) is 0 Å². The van der Waals surface area contributed by atoms with Crippen LogP contribution in [-0.4, -0.2) is 35.7 Å². The number of carboxylic acids is 1. The molecule has 1 aliphatic rings. The van der Waals surface area contributed by atoms with E-state index in [0.29, 0.717) is 12.5 Å². The van der Waals surface area contributed by atoms with Crippen LogP contribution in [0.4, 0.5) is 5.82 Å². The normalized spacial score (nSPS) is 16.2. The summed E-state index contributed by atoms with van der Waals surface area (Å²) in [4.78, 5) is 16.8. The van der Waals surface area contributed by atoms with Gasteiger partial charge in [-0.25, -0.2) is 9.78 Å². The molecule has 3 N–H and O–H groups in total. The van der Waals surface area contributed by atoms with E-state index in [4.69, 9.17) is 10.8 Å².